The molecule has 0 spiro atoms. The van der Waals surface area contributed by atoms with Crippen molar-refractivity contribution in [2.24, 2.45) is 0 Å². The van der Waals surface area contributed by atoms with Crippen LogP contribution in [0, 0.1) is 0 Å². The second kappa shape index (κ2) is 6.94. The fourth-order valence-corrected chi connectivity index (χ4v) is 2.18. The van der Waals surface area contributed by atoms with E-state index in [4.69, 9.17) is 0 Å². The van der Waals surface area contributed by atoms with Crippen molar-refractivity contribution in [2.45, 2.75) is 6.04 Å². The summed E-state index contributed by atoms with van der Waals surface area (Å²) in [5.74, 6) is -0.566. The summed E-state index contributed by atoms with van der Waals surface area (Å²) in [6, 6.07) is 6.84. The number of amides is 2. The van der Waals surface area contributed by atoms with Crippen molar-refractivity contribution in [3.63, 3.8) is 0 Å². The van der Waals surface area contributed by atoms with Crippen molar-refractivity contribution >= 4 is 11.8 Å². The third kappa shape index (κ3) is 3.87. The summed E-state index contributed by atoms with van der Waals surface area (Å²) in [5, 5.41) is 16.3. The Kier molecular flexibility index (Phi) is 4.54. The van der Waals surface area contributed by atoms with Crippen LogP contribution in [0.2, 0.25) is 0 Å². The fourth-order valence-electron chi connectivity index (χ4n) is 2.18. The number of aromatic nitrogens is 4. The molecule has 0 atom stereocenters. The van der Waals surface area contributed by atoms with Gasteiger partial charge in [0, 0.05) is 18.7 Å². The minimum absolute atomic E-state index is 0.0301. The van der Waals surface area contributed by atoms with Gasteiger partial charge in [-0.1, -0.05) is 6.07 Å². The van der Waals surface area contributed by atoms with E-state index in [0.29, 0.717) is 24.3 Å². The number of hydrogen-bond donors (Lipinski definition) is 4. The molecule has 120 valence electrons. The normalized spacial score (nSPS) is 14.6. The van der Waals surface area contributed by atoms with Crippen LogP contribution in [0.4, 0.5) is 0 Å². The van der Waals surface area contributed by atoms with Gasteiger partial charge in [-0.25, -0.2) is 4.68 Å². The Morgan fingerprint density at radius 2 is 2.13 bits per heavy atom. The van der Waals surface area contributed by atoms with E-state index in [1.807, 2.05) is 0 Å². The molecule has 1 fully saturated rings. The van der Waals surface area contributed by atoms with Gasteiger partial charge in [-0.3, -0.25) is 20.4 Å². The summed E-state index contributed by atoms with van der Waals surface area (Å²) in [4.78, 5) is 23.9. The number of benzene rings is 1. The first-order chi connectivity index (χ1) is 11.2. The Bertz CT molecular complexity index is 681. The van der Waals surface area contributed by atoms with Gasteiger partial charge in [-0.2, -0.15) is 0 Å². The van der Waals surface area contributed by atoms with Gasteiger partial charge in [0.25, 0.3) is 5.91 Å². The molecule has 2 amide bonds. The number of hydrogen-bond acceptors (Lipinski definition) is 7. The zero-order valence-electron chi connectivity index (χ0n) is 12.2. The minimum Gasteiger partial charge on any atom is -0.349 e. The summed E-state index contributed by atoms with van der Waals surface area (Å²) >= 11 is 0. The van der Waals surface area contributed by atoms with Crippen LogP contribution < -0.4 is 21.5 Å². The molecule has 2 heterocycles. The Hall–Kier alpha value is -2.85. The zero-order chi connectivity index (χ0) is 16.1. The van der Waals surface area contributed by atoms with Crippen molar-refractivity contribution in [2.75, 3.05) is 19.6 Å². The highest BCUT2D eigenvalue weighted by atomic mass is 16.2. The monoisotopic (exact) mass is 316 g/mol. The molecule has 0 bridgehead atoms. The third-order valence-electron chi connectivity index (χ3n) is 3.32. The van der Waals surface area contributed by atoms with Crippen LogP contribution in [-0.2, 0) is 4.79 Å². The van der Waals surface area contributed by atoms with Crippen LogP contribution in [0.3, 0.4) is 0 Å². The number of tetrazole rings is 1. The van der Waals surface area contributed by atoms with Crippen molar-refractivity contribution in [3.8, 4) is 5.69 Å². The molecular weight excluding hydrogens is 300 g/mol. The molecule has 0 unspecified atom stereocenters. The van der Waals surface area contributed by atoms with E-state index < -0.39 is 0 Å². The summed E-state index contributed by atoms with van der Waals surface area (Å²) in [6.45, 7) is 1.24. The number of rotatable bonds is 5. The summed E-state index contributed by atoms with van der Waals surface area (Å²) < 4.78 is 1.45. The molecule has 2 aromatic rings. The van der Waals surface area contributed by atoms with E-state index in [-0.39, 0.29) is 24.4 Å². The first kappa shape index (κ1) is 15.1. The van der Waals surface area contributed by atoms with Crippen LogP contribution in [0.1, 0.15) is 10.4 Å². The minimum atomic E-state index is -0.335. The summed E-state index contributed by atoms with van der Waals surface area (Å²) in [6.07, 6.45) is 1.44. The smallest absolute Gasteiger partial charge is 0.251 e. The van der Waals surface area contributed by atoms with Crippen LogP contribution >= 0.6 is 0 Å². The first-order valence-corrected chi connectivity index (χ1v) is 7.09. The Balaban J connectivity index is 1.55. The molecule has 1 saturated heterocycles. The molecule has 0 aliphatic carbocycles. The Labute approximate surface area is 131 Å². The van der Waals surface area contributed by atoms with Gasteiger partial charge in [0.15, 0.2) is 0 Å². The maximum Gasteiger partial charge on any atom is 0.251 e. The maximum atomic E-state index is 12.1. The van der Waals surface area contributed by atoms with Crippen molar-refractivity contribution in [1.29, 1.82) is 0 Å². The topological polar surface area (TPSA) is 126 Å². The fraction of sp³-hybridized carbons (Fsp3) is 0.308. The number of carbonyl (C=O) groups excluding carboxylic acids is 2. The molecule has 1 aromatic carbocycles. The summed E-state index contributed by atoms with van der Waals surface area (Å²) in [5.41, 5.74) is 6.92. The lowest BCUT2D eigenvalue weighted by Gasteiger charge is -2.11. The van der Waals surface area contributed by atoms with Crippen molar-refractivity contribution in [3.05, 3.63) is 36.2 Å². The van der Waals surface area contributed by atoms with Crippen molar-refractivity contribution in [1.82, 2.24) is 41.7 Å². The van der Waals surface area contributed by atoms with Gasteiger partial charge in [0.2, 0.25) is 5.91 Å². The van der Waals surface area contributed by atoms with Crippen LogP contribution in [-0.4, -0.2) is 57.7 Å². The Morgan fingerprint density at radius 3 is 2.87 bits per heavy atom. The van der Waals surface area contributed by atoms with E-state index >= 15 is 0 Å². The molecule has 10 heteroatoms. The molecule has 1 aliphatic heterocycles. The maximum absolute atomic E-state index is 12.1. The Morgan fingerprint density at radius 1 is 1.30 bits per heavy atom. The largest absolute Gasteiger partial charge is 0.349 e. The van der Waals surface area contributed by atoms with E-state index in [9.17, 15) is 9.59 Å². The van der Waals surface area contributed by atoms with Crippen molar-refractivity contribution < 1.29 is 9.59 Å². The van der Waals surface area contributed by atoms with E-state index in [1.54, 1.807) is 24.3 Å². The van der Waals surface area contributed by atoms with Crippen LogP contribution in [0.15, 0.2) is 30.6 Å². The second-order valence-electron chi connectivity index (χ2n) is 5.01. The van der Waals surface area contributed by atoms with Gasteiger partial charge < -0.3 is 10.6 Å². The summed E-state index contributed by atoms with van der Waals surface area (Å²) in [7, 11) is 0. The van der Waals surface area contributed by atoms with E-state index in [0.717, 1.165) is 0 Å². The molecule has 1 aromatic heterocycles. The quantitative estimate of drug-likeness (QED) is 0.502. The highest BCUT2D eigenvalue weighted by molar-refractivity contribution is 5.96. The average molecular weight is 316 g/mol. The molecule has 0 radical (unpaired) electrons. The molecule has 23 heavy (non-hydrogen) atoms. The number of hydrazine groups is 1. The standard InChI is InChI=1S/C13H16N8O2/c22-12(18-10-5-15-16-6-10)7-14-13(23)9-2-1-3-11(4-9)21-8-17-19-20-21/h1-4,8,10,15-16H,5-7H2,(H,14,23)(H,18,22). The molecule has 3 rings (SSSR count). The molecular formula is C13H16N8O2. The van der Waals surface area contributed by atoms with Gasteiger partial charge in [-0.05, 0) is 28.6 Å². The number of carbonyl (C=O) groups is 2. The predicted octanol–water partition coefficient (Wildman–Crippen LogP) is -2.02. The molecule has 4 N–H and O–H groups in total. The van der Waals surface area contributed by atoms with Gasteiger partial charge >= 0.3 is 0 Å². The van der Waals surface area contributed by atoms with E-state index in [2.05, 4.69) is 37.0 Å². The van der Waals surface area contributed by atoms with E-state index in [1.165, 1.54) is 11.0 Å². The lowest BCUT2D eigenvalue weighted by Crippen LogP contribution is -2.44. The third-order valence-corrected chi connectivity index (χ3v) is 3.32. The molecule has 1 aliphatic rings. The molecule has 0 saturated carbocycles. The second-order valence-corrected chi connectivity index (χ2v) is 5.01. The highest BCUT2D eigenvalue weighted by Gasteiger charge is 2.17. The average Bonchev–Trinajstić information content (AvgIpc) is 3.26. The highest BCUT2D eigenvalue weighted by Crippen LogP contribution is 2.08. The van der Waals surface area contributed by atoms with Gasteiger partial charge in [0.05, 0.1) is 18.3 Å². The molecule has 10 nitrogen and oxygen atoms in total. The number of nitrogens with one attached hydrogen (secondary N) is 4. The predicted molar refractivity (Wildman–Crippen MR) is 79.4 cm³/mol. The number of nitrogens with zero attached hydrogens (tertiary/aromatic N) is 4. The van der Waals surface area contributed by atoms with Gasteiger partial charge in [0.1, 0.15) is 6.33 Å². The first-order valence-electron chi connectivity index (χ1n) is 7.09. The van der Waals surface area contributed by atoms with Crippen LogP contribution in [0.25, 0.3) is 5.69 Å². The van der Waals surface area contributed by atoms with Crippen LogP contribution in [0.5, 0.6) is 0 Å². The lowest BCUT2D eigenvalue weighted by atomic mass is 10.2. The van der Waals surface area contributed by atoms with Gasteiger partial charge in [-0.15, -0.1) is 5.10 Å². The zero-order valence-corrected chi connectivity index (χ0v) is 12.2. The lowest BCUT2D eigenvalue weighted by molar-refractivity contribution is -0.120. The SMILES string of the molecule is O=C(CNC(=O)c1cccc(-n2cnnn2)c1)NC1CNNC1.